The first-order valence-electron chi connectivity index (χ1n) is 5.87. The molecule has 0 heterocycles. The van der Waals surface area contributed by atoms with Crippen molar-refractivity contribution in [2.45, 2.75) is 25.2 Å². The fraction of sp³-hybridized carbons (Fsp3) is 0.462. The van der Waals surface area contributed by atoms with Crippen LogP contribution in [0.25, 0.3) is 0 Å². The summed E-state index contributed by atoms with van der Waals surface area (Å²) in [5.41, 5.74) is 0.547. The molecule has 2 N–H and O–H groups in total. The van der Waals surface area contributed by atoms with E-state index < -0.39 is 6.10 Å². The van der Waals surface area contributed by atoms with Crippen LogP contribution in [0.3, 0.4) is 0 Å². The Morgan fingerprint density at radius 3 is 2.79 bits per heavy atom. The van der Waals surface area contributed by atoms with Gasteiger partial charge in [-0.05, 0) is 25.1 Å². The number of rotatable bonds is 6. The van der Waals surface area contributed by atoms with Crippen LogP contribution in [0.15, 0.2) is 18.2 Å². The van der Waals surface area contributed by atoms with Crippen LogP contribution in [0.4, 0.5) is 5.69 Å². The number of hydrogen-bond donors (Lipinski definition) is 2. The molecule has 2 atom stereocenters. The predicted octanol–water partition coefficient (Wildman–Crippen LogP) is 2.79. The van der Waals surface area contributed by atoms with Crippen molar-refractivity contribution in [2.75, 3.05) is 18.2 Å². The van der Waals surface area contributed by atoms with Gasteiger partial charge in [0.2, 0.25) is 5.91 Å². The second-order valence-corrected chi connectivity index (χ2v) is 5.95. The van der Waals surface area contributed by atoms with Crippen molar-refractivity contribution in [2.24, 2.45) is 0 Å². The summed E-state index contributed by atoms with van der Waals surface area (Å²) in [5.74, 6) is 0.672. The lowest BCUT2D eigenvalue weighted by Gasteiger charge is -2.14. The molecule has 1 aromatic rings. The third-order valence-corrected chi connectivity index (χ3v) is 4.18. The summed E-state index contributed by atoms with van der Waals surface area (Å²) in [5, 5.41) is 12.6. The van der Waals surface area contributed by atoms with Crippen molar-refractivity contribution in [1.82, 2.24) is 0 Å². The smallest absolute Gasteiger partial charge is 0.234 e. The molecule has 0 saturated carbocycles. The third kappa shape index (κ3) is 5.30. The molecule has 0 bridgehead atoms. The Hall–Kier alpha value is -0.910. The molecule has 1 aromatic carbocycles. The van der Waals surface area contributed by atoms with Gasteiger partial charge in [0.05, 0.1) is 24.7 Å². The second-order valence-electron chi connectivity index (χ2n) is 4.15. The number of anilines is 1. The van der Waals surface area contributed by atoms with E-state index in [1.807, 2.05) is 6.92 Å². The summed E-state index contributed by atoms with van der Waals surface area (Å²) >= 11 is 7.27. The van der Waals surface area contributed by atoms with Crippen LogP contribution in [-0.4, -0.2) is 35.2 Å². The van der Waals surface area contributed by atoms with Gasteiger partial charge in [-0.3, -0.25) is 4.79 Å². The Kier molecular flexibility index (Phi) is 6.48. The Morgan fingerprint density at radius 2 is 2.21 bits per heavy atom. The van der Waals surface area contributed by atoms with Crippen LogP contribution in [0.2, 0.25) is 5.02 Å². The van der Waals surface area contributed by atoms with Crippen molar-refractivity contribution in [3.63, 3.8) is 0 Å². The molecule has 6 heteroatoms. The molecule has 106 valence electrons. The minimum absolute atomic E-state index is 0.00649. The van der Waals surface area contributed by atoms with Crippen LogP contribution in [0.5, 0.6) is 5.75 Å². The van der Waals surface area contributed by atoms with E-state index in [2.05, 4.69) is 5.32 Å². The molecule has 0 aromatic heterocycles. The van der Waals surface area contributed by atoms with E-state index in [1.165, 1.54) is 18.9 Å². The molecule has 0 radical (unpaired) electrons. The number of methoxy groups -OCH3 is 1. The number of aliphatic hydroxyl groups excluding tert-OH is 1. The molecule has 1 rings (SSSR count). The van der Waals surface area contributed by atoms with Crippen molar-refractivity contribution >= 4 is 35.0 Å². The van der Waals surface area contributed by atoms with Gasteiger partial charge in [-0.1, -0.05) is 18.5 Å². The Morgan fingerprint density at radius 1 is 1.53 bits per heavy atom. The maximum atomic E-state index is 11.8. The number of amides is 1. The molecular weight excluding hydrogens is 286 g/mol. The number of benzene rings is 1. The van der Waals surface area contributed by atoms with E-state index in [0.29, 0.717) is 16.5 Å². The molecule has 0 aliphatic carbocycles. The maximum Gasteiger partial charge on any atom is 0.234 e. The lowest BCUT2D eigenvalue weighted by molar-refractivity contribution is -0.113. The summed E-state index contributed by atoms with van der Waals surface area (Å²) in [6.45, 7) is 3.58. The highest BCUT2D eigenvalue weighted by Crippen LogP contribution is 2.28. The van der Waals surface area contributed by atoms with Crippen molar-refractivity contribution in [3.8, 4) is 5.75 Å². The number of carbonyl (C=O) groups excluding carboxylic acids is 1. The van der Waals surface area contributed by atoms with Gasteiger partial charge in [-0.15, -0.1) is 11.8 Å². The second kappa shape index (κ2) is 7.62. The molecule has 1 amide bonds. The number of aliphatic hydroxyl groups is 1. The van der Waals surface area contributed by atoms with Crippen LogP contribution in [0.1, 0.15) is 13.8 Å². The zero-order valence-electron chi connectivity index (χ0n) is 11.1. The summed E-state index contributed by atoms with van der Waals surface area (Å²) in [6, 6.07) is 5.03. The fourth-order valence-electron chi connectivity index (χ4n) is 1.31. The first kappa shape index (κ1) is 16.1. The maximum absolute atomic E-state index is 11.8. The number of nitrogens with one attached hydrogen (secondary N) is 1. The van der Waals surface area contributed by atoms with Crippen LogP contribution in [-0.2, 0) is 4.79 Å². The lowest BCUT2D eigenvalue weighted by Crippen LogP contribution is -2.21. The van der Waals surface area contributed by atoms with Crippen molar-refractivity contribution in [1.29, 1.82) is 0 Å². The summed E-state index contributed by atoms with van der Waals surface area (Å²) in [7, 11) is 1.53. The van der Waals surface area contributed by atoms with Crippen LogP contribution >= 0.6 is 23.4 Å². The molecule has 0 saturated heterocycles. The molecule has 2 unspecified atom stereocenters. The van der Waals surface area contributed by atoms with Crippen LogP contribution < -0.4 is 10.1 Å². The zero-order valence-corrected chi connectivity index (χ0v) is 12.7. The van der Waals surface area contributed by atoms with E-state index in [-0.39, 0.29) is 16.9 Å². The van der Waals surface area contributed by atoms with Gasteiger partial charge in [0.25, 0.3) is 0 Å². The van der Waals surface area contributed by atoms with Crippen molar-refractivity contribution < 1.29 is 14.6 Å². The summed E-state index contributed by atoms with van der Waals surface area (Å²) in [6.07, 6.45) is -0.446. The van der Waals surface area contributed by atoms with Gasteiger partial charge in [0.15, 0.2) is 0 Å². The number of carbonyl (C=O) groups is 1. The Labute approximate surface area is 122 Å². The van der Waals surface area contributed by atoms with E-state index >= 15 is 0 Å². The van der Waals surface area contributed by atoms with E-state index in [4.69, 9.17) is 16.3 Å². The molecule has 4 nitrogen and oxygen atoms in total. The molecule has 0 aliphatic heterocycles. The van der Waals surface area contributed by atoms with E-state index in [9.17, 15) is 9.90 Å². The SMILES string of the molecule is COc1ccc(Cl)cc1NC(=O)CSC(C)C(C)O. The topological polar surface area (TPSA) is 58.6 Å². The highest BCUT2D eigenvalue weighted by Gasteiger charge is 2.13. The highest BCUT2D eigenvalue weighted by molar-refractivity contribution is 8.00. The average molecular weight is 304 g/mol. The number of ether oxygens (including phenoxy) is 1. The van der Waals surface area contributed by atoms with Gasteiger partial charge < -0.3 is 15.2 Å². The number of thioether (sulfide) groups is 1. The monoisotopic (exact) mass is 303 g/mol. The predicted molar refractivity (Wildman–Crippen MR) is 80.2 cm³/mol. The third-order valence-electron chi connectivity index (χ3n) is 2.59. The highest BCUT2D eigenvalue weighted by atomic mass is 35.5. The molecule has 0 spiro atoms. The van der Waals surface area contributed by atoms with Gasteiger partial charge in [-0.2, -0.15) is 0 Å². The summed E-state index contributed by atoms with van der Waals surface area (Å²) in [4.78, 5) is 11.8. The number of hydrogen-bond acceptors (Lipinski definition) is 4. The van der Waals surface area contributed by atoms with Gasteiger partial charge in [0.1, 0.15) is 5.75 Å². The van der Waals surface area contributed by atoms with Gasteiger partial charge >= 0.3 is 0 Å². The Bertz CT molecular complexity index is 440. The molecular formula is C13H18ClNO3S. The minimum Gasteiger partial charge on any atom is -0.495 e. The quantitative estimate of drug-likeness (QED) is 0.848. The standard InChI is InChI=1S/C13H18ClNO3S/c1-8(16)9(2)19-7-13(17)15-11-6-10(14)4-5-12(11)18-3/h4-6,8-9,16H,7H2,1-3H3,(H,15,17). The number of halogens is 1. The Balaban J connectivity index is 2.59. The fourth-order valence-corrected chi connectivity index (χ4v) is 2.25. The minimum atomic E-state index is -0.446. The average Bonchev–Trinajstić information content (AvgIpc) is 2.36. The van der Waals surface area contributed by atoms with E-state index in [1.54, 1.807) is 25.1 Å². The normalized spacial score (nSPS) is 13.7. The van der Waals surface area contributed by atoms with Gasteiger partial charge in [0, 0.05) is 10.3 Å². The summed E-state index contributed by atoms with van der Waals surface area (Å²) < 4.78 is 5.14. The van der Waals surface area contributed by atoms with Gasteiger partial charge in [-0.25, -0.2) is 0 Å². The molecule has 0 fully saturated rings. The molecule has 19 heavy (non-hydrogen) atoms. The first-order chi connectivity index (χ1) is 8.93. The van der Waals surface area contributed by atoms with Crippen molar-refractivity contribution in [3.05, 3.63) is 23.2 Å². The zero-order chi connectivity index (χ0) is 14.4. The first-order valence-corrected chi connectivity index (χ1v) is 7.29. The molecule has 0 aliphatic rings. The van der Waals surface area contributed by atoms with E-state index in [0.717, 1.165) is 0 Å². The van der Waals surface area contributed by atoms with Crippen LogP contribution in [0, 0.1) is 0 Å². The largest absolute Gasteiger partial charge is 0.495 e. The lowest BCUT2D eigenvalue weighted by atomic mass is 10.3.